The average molecular weight is 336 g/mol. The summed E-state index contributed by atoms with van der Waals surface area (Å²) in [5, 5.41) is 24.5. The Labute approximate surface area is 145 Å². The van der Waals surface area contributed by atoms with Gasteiger partial charge in [0.25, 0.3) is 0 Å². The molecule has 0 bridgehead atoms. The summed E-state index contributed by atoms with van der Waals surface area (Å²) in [6.07, 6.45) is 6.34. The zero-order valence-corrected chi connectivity index (χ0v) is 14.0. The Morgan fingerprint density at radius 2 is 2.00 bits per heavy atom. The normalized spacial score (nSPS) is 17.4. The van der Waals surface area contributed by atoms with E-state index in [0.29, 0.717) is 5.92 Å². The third-order valence-electron chi connectivity index (χ3n) is 5.07. The van der Waals surface area contributed by atoms with E-state index >= 15 is 0 Å². The summed E-state index contributed by atoms with van der Waals surface area (Å²) in [6, 6.07) is 6.13. The molecule has 1 aliphatic carbocycles. The van der Waals surface area contributed by atoms with Gasteiger partial charge in [-0.25, -0.2) is 0 Å². The van der Waals surface area contributed by atoms with Gasteiger partial charge in [0, 0.05) is 25.6 Å². The Kier molecular flexibility index (Phi) is 3.46. The molecule has 2 aliphatic rings. The maximum atomic E-state index is 4.53. The number of aryl methyl sites for hydroxylation is 2. The van der Waals surface area contributed by atoms with Crippen LogP contribution in [0.5, 0.6) is 0 Å². The molecule has 0 radical (unpaired) electrons. The van der Waals surface area contributed by atoms with Crippen molar-refractivity contribution in [2.75, 3.05) is 29.9 Å². The molecule has 5 rings (SSSR count). The summed E-state index contributed by atoms with van der Waals surface area (Å²) < 4.78 is 1.71. The molecule has 0 unspecified atom stereocenters. The van der Waals surface area contributed by atoms with Crippen LogP contribution in [-0.4, -0.2) is 49.6 Å². The number of nitrogens with one attached hydrogen (secondary N) is 1. The molecule has 0 amide bonds. The molecule has 1 saturated heterocycles. The third kappa shape index (κ3) is 2.77. The summed E-state index contributed by atoms with van der Waals surface area (Å²) >= 11 is 0. The molecule has 1 fully saturated rings. The lowest BCUT2D eigenvalue weighted by molar-refractivity contribution is 0.424. The van der Waals surface area contributed by atoms with E-state index in [1.807, 2.05) is 12.1 Å². The van der Waals surface area contributed by atoms with E-state index in [0.717, 1.165) is 49.8 Å². The van der Waals surface area contributed by atoms with Crippen LogP contribution in [0.15, 0.2) is 24.5 Å². The van der Waals surface area contributed by atoms with Crippen LogP contribution in [0.4, 0.5) is 11.6 Å². The summed E-state index contributed by atoms with van der Waals surface area (Å²) in [4.78, 5) is 2.27. The van der Waals surface area contributed by atoms with Crippen molar-refractivity contribution < 1.29 is 0 Å². The second kappa shape index (κ2) is 5.94. The lowest BCUT2D eigenvalue weighted by Crippen LogP contribution is -2.50. The Balaban J connectivity index is 1.17. The first kappa shape index (κ1) is 14.6. The predicted octanol–water partition coefficient (Wildman–Crippen LogP) is 1.34. The Morgan fingerprint density at radius 1 is 1.08 bits per heavy atom. The van der Waals surface area contributed by atoms with Crippen LogP contribution in [0.25, 0.3) is 5.65 Å². The van der Waals surface area contributed by atoms with E-state index in [4.69, 9.17) is 0 Å². The highest BCUT2D eigenvalue weighted by Crippen LogP contribution is 2.24. The molecule has 0 aromatic carbocycles. The highest BCUT2D eigenvalue weighted by Gasteiger charge is 2.28. The van der Waals surface area contributed by atoms with E-state index in [2.05, 4.69) is 41.8 Å². The van der Waals surface area contributed by atoms with Gasteiger partial charge in [0.15, 0.2) is 5.65 Å². The van der Waals surface area contributed by atoms with Gasteiger partial charge in [0.1, 0.15) is 18.0 Å². The first-order valence-corrected chi connectivity index (χ1v) is 8.86. The van der Waals surface area contributed by atoms with E-state index in [9.17, 15) is 0 Å². The maximum absolute atomic E-state index is 4.53. The smallest absolute Gasteiger partial charge is 0.177 e. The molecule has 1 aliphatic heterocycles. The molecule has 25 heavy (non-hydrogen) atoms. The SMILES string of the molecule is c1cc2nncn2nc1N1CC(CNc2cc3c(nn2)CCCC3)C1. The summed E-state index contributed by atoms with van der Waals surface area (Å²) in [5.74, 6) is 2.47. The molecule has 8 nitrogen and oxygen atoms in total. The van der Waals surface area contributed by atoms with Crippen molar-refractivity contribution in [3.63, 3.8) is 0 Å². The van der Waals surface area contributed by atoms with E-state index in [-0.39, 0.29) is 0 Å². The van der Waals surface area contributed by atoms with Gasteiger partial charge in [-0.2, -0.15) is 9.61 Å². The van der Waals surface area contributed by atoms with Crippen molar-refractivity contribution in [3.05, 3.63) is 35.8 Å². The lowest BCUT2D eigenvalue weighted by atomic mass is 9.96. The number of aromatic nitrogens is 6. The van der Waals surface area contributed by atoms with Crippen LogP contribution < -0.4 is 10.2 Å². The molecule has 1 N–H and O–H groups in total. The highest BCUT2D eigenvalue weighted by molar-refractivity contribution is 5.47. The monoisotopic (exact) mass is 336 g/mol. The lowest BCUT2D eigenvalue weighted by Gasteiger charge is -2.40. The molecule has 3 aromatic heterocycles. The minimum absolute atomic E-state index is 0.594. The van der Waals surface area contributed by atoms with Crippen LogP contribution >= 0.6 is 0 Å². The van der Waals surface area contributed by atoms with Crippen LogP contribution in [0.1, 0.15) is 24.1 Å². The molecular weight excluding hydrogens is 316 g/mol. The number of rotatable bonds is 4. The van der Waals surface area contributed by atoms with Crippen LogP contribution in [0.3, 0.4) is 0 Å². The van der Waals surface area contributed by atoms with Gasteiger partial charge < -0.3 is 10.2 Å². The maximum Gasteiger partial charge on any atom is 0.177 e. The van der Waals surface area contributed by atoms with Crippen molar-refractivity contribution in [1.29, 1.82) is 0 Å². The van der Waals surface area contributed by atoms with Crippen molar-refractivity contribution in [2.45, 2.75) is 25.7 Å². The fourth-order valence-corrected chi connectivity index (χ4v) is 3.60. The Hall–Kier alpha value is -2.77. The number of anilines is 2. The van der Waals surface area contributed by atoms with Gasteiger partial charge >= 0.3 is 0 Å². The Bertz CT molecular complexity index is 899. The Morgan fingerprint density at radius 3 is 2.96 bits per heavy atom. The van der Waals surface area contributed by atoms with E-state index < -0.39 is 0 Å². The molecule has 128 valence electrons. The van der Waals surface area contributed by atoms with Gasteiger partial charge in [-0.15, -0.1) is 20.4 Å². The largest absolute Gasteiger partial charge is 0.368 e. The minimum atomic E-state index is 0.594. The van der Waals surface area contributed by atoms with Gasteiger partial charge in [-0.05, 0) is 49.4 Å². The first-order chi connectivity index (χ1) is 12.3. The number of nitrogens with zero attached hydrogens (tertiary/aromatic N) is 7. The molecule has 8 heteroatoms. The van der Waals surface area contributed by atoms with Crippen molar-refractivity contribution in [2.24, 2.45) is 5.92 Å². The molecule has 0 spiro atoms. The van der Waals surface area contributed by atoms with Gasteiger partial charge in [-0.3, -0.25) is 0 Å². The van der Waals surface area contributed by atoms with Gasteiger partial charge in [0.2, 0.25) is 0 Å². The molecule has 0 atom stereocenters. The van der Waals surface area contributed by atoms with E-state index in [1.165, 1.54) is 24.1 Å². The third-order valence-corrected chi connectivity index (χ3v) is 5.07. The second-order valence-electron chi connectivity index (χ2n) is 6.89. The van der Waals surface area contributed by atoms with Crippen LogP contribution in [0, 0.1) is 5.92 Å². The first-order valence-electron chi connectivity index (χ1n) is 8.86. The molecular formula is C17H20N8. The zero-order chi connectivity index (χ0) is 16.6. The highest BCUT2D eigenvalue weighted by atomic mass is 15.4. The molecule has 4 heterocycles. The summed E-state index contributed by atoms with van der Waals surface area (Å²) in [5.41, 5.74) is 3.32. The zero-order valence-electron chi connectivity index (χ0n) is 14.0. The minimum Gasteiger partial charge on any atom is -0.368 e. The molecule has 3 aromatic rings. The predicted molar refractivity (Wildman–Crippen MR) is 93.6 cm³/mol. The van der Waals surface area contributed by atoms with E-state index in [1.54, 1.807) is 10.8 Å². The fraction of sp³-hybridized carbons (Fsp3) is 0.471. The number of hydrogen-bond acceptors (Lipinski definition) is 7. The quantitative estimate of drug-likeness (QED) is 0.769. The fourth-order valence-electron chi connectivity index (χ4n) is 3.60. The summed E-state index contributed by atoms with van der Waals surface area (Å²) in [6.45, 7) is 2.90. The van der Waals surface area contributed by atoms with Crippen molar-refractivity contribution in [1.82, 2.24) is 30.0 Å². The van der Waals surface area contributed by atoms with Gasteiger partial charge in [0.05, 0.1) is 5.69 Å². The topological polar surface area (TPSA) is 84.1 Å². The van der Waals surface area contributed by atoms with Crippen LogP contribution in [0.2, 0.25) is 0 Å². The van der Waals surface area contributed by atoms with Crippen molar-refractivity contribution >= 4 is 17.3 Å². The number of fused-ring (bicyclic) bond motifs is 2. The van der Waals surface area contributed by atoms with Gasteiger partial charge in [-0.1, -0.05) is 0 Å². The number of hydrogen-bond donors (Lipinski definition) is 1. The second-order valence-corrected chi connectivity index (χ2v) is 6.89. The molecule has 0 saturated carbocycles. The standard InChI is InChI=1S/C17H20N8/c1-2-4-14-13(3-1)7-15(21-20-14)18-8-12-9-24(10-12)17-6-5-16-22-19-11-25(16)23-17/h5-7,11-12H,1-4,8-10H2,(H,18,21). The summed E-state index contributed by atoms with van der Waals surface area (Å²) in [7, 11) is 0. The van der Waals surface area contributed by atoms with Crippen LogP contribution in [-0.2, 0) is 12.8 Å². The average Bonchev–Trinajstić information content (AvgIpc) is 3.08. The van der Waals surface area contributed by atoms with Crippen molar-refractivity contribution in [3.8, 4) is 0 Å².